The average molecular weight is 309 g/mol. The number of likely N-dealkylation sites (tertiary alicyclic amines) is 2. The normalized spacial score (nSPS) is 36.5. The van der Waals surface area contributed by atoms with E-state index >= 15 is 0 Å². The van der Waals surface area contributed by atoms with Gasteiger partial charge in [0.2, 0.25) is 0 Å². The van der Waals surface area contributed by atoms with Crippen LogP contribution < -0.4 is 5.73 Å². The quantitative estimate of drug-likeness (QED) is 0.837. The molecule has 0 spiro atoms. The fourth-order valence-electron chi connectivity index (χ4n) is 4.35. The highest BCUT2D eigenvalue weighted by atomic mass is 16.5. The number of nitrogens with zero attached hydrogens (tertiary/aromatic N) is 2. The van der Waals surface area contributed by atoms with Crippen LogP contribution in [0.4, 0.5) is 0 Å². The number of amides is 1. The maximum Gasteiger partial charge on any atom is 0.254 e. The first-order valence-electron chi connectivity index (χ1n) is 8.87. The van der Waals surface area contributed by atoms with Gasteiger partial charge in [-0.3, -0.25) is 9.69 Å². The van der Waals surface area contributed by atoms with E-state index in [1.165, 1.54) is 25.9 Å². The summed E-state index contributed by atoms with van der Waals surface area (Å²) in [7, 11) is 0. The summed E-state index contributed by atoms with van der Waals surface area (Å²) in [4.78, 5) is 17.5. The van der Waals surface area contributed by atoms with Crippen molar-refractivity contribution < 1.29 is 9.53 Å². The summed E-state index contributed by atoms with van der Waals surface area (Å²) in [5, 5.41) is 0. The Balaban J connectivity index is 1.59. The second-order valence-electron chi connectivity index (χ2n) is 7.82. The first kappa shape index (κ1) is 16.2. The van der Waals surface area contributed by atoms with Crippen LogP contribution in [0.25, 0.3) is 0 Å². The Morgan fingerprint density at radius 3 is 2.36 bits per heavy atom. The van der Waals surface area contributed by atoms with Crippen LogP contribution in [-0.2, 0) is 9.53 Å². The van der Waals surface area contributed by atoms with Crippen molar-refractivity contribution in [2.24, 2.45) is 5.73 Å². The molecule has 0 radical (unpaired) electrons. The summed E-state index contributed by atoms with van der Waals surface area (Å²) in [6.07, 6.45) is 6.29. The van der Waals surface area contributed by atoms with Crippen LogP contribution in [0, 0.1) is 0 Å². The first-order chi connectivity index (χ1) is 10.4. The van der Waals surface area contributed by atoms with Gasteiger partial charge in [-0.15, -0.1) is 0 Å². The van der Waals surface area contributed by atoms with E-state index in [-0.39, 0.29) is 17.5 Å². The number of hydrogen-bond donors (Lipinski definition) is 1. The topological polar surface area (TPSA) is 58.8 Å². The highest BCUT2D eigenvalue weighted by Gasteiger charge is 2.44. The molecule has 0 aromatic heterocycles. The fraction of sp³-hybridized carbons (Fsp3) is 0.941. The first-order valence-corrected chi connectivity index (χ1v) is 8.87. The summed E-state index contributed by atoms with van der Waals surface area (Å²) in [6.45, 7) is 9.03. The van der Waals surface area contributed by atoms with Gasteiger partial charge in [0.25, 0.3) is 5.91 Å². The molecule has 1 amide bonds. The molecule has 0 aliphatic carbocycles. The number of carbonyl (C=O) groups excluding carboxylic acids is 1. The number of piperidine rings is 1. The van der Waals surface area contributed by atoms with Crippen molar-refractivity contribution in [3.63, 3.8) is 0 Å². The number of carbonyl (C=O) groups is 1. The molecule has 3 aliphatic rings. The Bertz CT molecular complexity index is 414. The van der Waals surface area contributed by atoms with E-state index in [9.17, 15) is 4.79 Å². The Morgan fingerprint density at radius 1 is 1.14 bits per heavy atom. The molecule has 5 nitrogen and oxygen atoms in total. The lowest BCUT2D eigenvalue weighted by atomic mass is 9.85. The van der Waals surface area contributed by atoms with Gasteiger partial charge >= 0.3 is 0 Å². The van der Waals surface area contributed by atoms with Crippen molar-refractivity contribution in [3.05, 3.63) is 0 Å². The molecular formula is C17H31N3O2. The molecule has 2 N–H and O–H groups in total. The van der Waals surface area contributed by atoms with Crippen LogP contribution in [0.5, 0.6) is 0 Å². The van der Waals surface area contributed by atoms with E-state index in [2.05, 4.69) is 11.8 Å². The molecule has 2 atom stereocenters. The van der Waals surface area contributed by atoms with Gasteiger partial charge in [0, 0.05) is 37.7 Å². The van der Waals surface area contributed by atoms with Gasteiger partial charge in [0.1, 0.15) is 5.60 Å². The number of rotatable bonds is 2. The van der Waals surface area contributed by atoms with Gasteiger partial charge in [-0.05, 0) is 59.0 Å². The smallest absolute Gasteiger partial charge is 0.254 e. The van der Waals surface area contributed by atoms with E-state index in [1.807, 2.05) is 11.8 Å². The van der Waals surface area contributed by atoms with E-state index in [0.29, 0.717) is 13.0 Å². The third-order valence-electron chi connectivity index (χ3n) is 6.01. The van der Waals surface area contributed by atoms with Crippen molar-refractivity contribution in [2.75, 3.05) is 32.8 Å². The predicted molar refractivity (Wildman–Crippen MR) is 86.6 cm³/mol. The minimum Gasteiger partial charge on any atom is -0.365 e. The van der Waals surface area contributed by atoms with Crippen molar-refractivity contribution in [1.82, 2.24) is 9.80 Å². The van der Waals surface area contributed by atoms with E-state index in [0.717, 1.165) is 32.4 Å². The zero-order valence-electron chi connectivity index (χ0n) is 14.1. The molecular weight excluding hydrogens is 278 g/mol. The molecule has 3 aliphatic heterocycles. The van der Waals surface area contributed by atoms with Crippen LogP contribution >= 0.6 is 0 Å². The maximum absolute atomic E-state index is 12.9. The van der Waals surface area contributed by atoms with Gasteiger partial charge < -0.3 is 15.4 Å². The second kappa shape index (κ2) is 6.10. The molecule has 22 heavy (non-hydrogen) atoms. The van der Waals surface area contributed by atoms with Crippen molar-refractivity contribution >= 4 is 5.91 Å². The predicted octanol–water partition coefficient (Wildman–Crippen LogP) is 1.36. The van der Waals surface area contributed by atoms with Crippen LogP contribution in [0.15, 0.2) is 0 Å². The number of ether oxygens (including phenoxy) is 1. The second-order valence-corrected chi connectivity index (χ2v) is 7.82. The Kier molecular flexibility index (Phi) is 4.49. The molecule has 0 aromatic carbocycles. The van der Waals surface area contributed by atoms with Crippen molar-refractivity contribution in [3.8, 4) is 0 Å². The lowest BCUT2D eigenvalue weighted by Gasteiger charge is -2.47. The minimum atomic E-state index is -0.709. The lowest BCUT2D eigenvalue weighted by Crippen LogP contribution is -2.59. The van der Waals surface area contributed by atoms with Crippen molar-refractivity contribution in [2.45, 2.75) is 69.6 Å². The van der Waals surface area contributed by atoms with Gasteiger partial charge in [0.05, 0.1) is 0 Å². The molecule has 3 heterocycles. The molecule has 3 fully saturated rings. The summed E-state index contributed by atoms with van der Waals surface area (Å²) < 4.78 is 5.82. The molecule has 0 aromatic rings. The van der Waals surface area contributed by atoms with Crippen LogP contribution in [-0.4, -0.2) is 65.7 Å². The molecule has 3 rings (SSSR count). The molecule has 2 unspecified atom stereocenters. The average Bonchev–Trinajstić information content (AvgIpc) is 3.02. The van der Waals surface area contributed by atoms with Gasteiger partial charge in [-0.2, -0.15) is 0 Å². The summed E-state index contributed by atoms with van der Waals surface area (Å²) >= 11 is 0. The number of hydrogen-bond acceptors (Lipinski definition) is 4. The summed E-state index contributed by atoms with van der Waals surface area (Å²) in [5.74, 6) is 0.145. The third kappa shape index (κ3) is 3.03. The zero-order chi connectivity index (χ0) is 15.8. The van der Waals surface area contributed by atoms with Crippen molar-refractivity contribution in [1.29, 1.82) is 0 Å². The maximum atomic E-state index is 12.9. The Hall–Kier alpha value is -0.650. The largest absolute Gasteiger partial charge is 0.365 e. The molecule has 3 saturated heterocycles. The van der Waals surface area contributed by atoms with Crippen LogP contribution in [0.3, 0.4) is 0 Å². The monoisotopic (exact) mass is 309 g/mol. The Labute approximate surface area is 134 Å². The molecule has 0 bridgehead atoms. The van der Waals surface area contributed by atoms with Crippen LogP contribution in [0.2, 0.25) is 0 Å². The SMILES string of the molecule is CC1(C(=O)N2CCC(C)(N3CCCC3)CC2)CC(N)CCO1. The van der Waals surface area contributed by atoms with E-state index in [1.54, 1.807) is 0 Å². The van der Waals surface area contributed by atoms with Gasteiger partial charge in [-0.1, -0.05) is 0 Å². The Morgan fingerprint density at radius 2 is 1.77 bits per heavy atom. The lowest BCUT2D eigenvalue weighted by molar-refractivity contribution is -0.165. The molecule has 126 valence electrons. The van der Waals surface area contributed by atoms with E-state index < -0.39 is 5.60 Å². The fourth-order valence-corrected chi connectivity index (χ4v) is 4.35. The third-order valence-corrected chi connectivity index (χ3v) is 6.01. The minimum absolute atomic E-state index is 0.0855. The molecule has 0 saturated carbocycles. The van der Waals surface area contributed by atoms with Gasteiger partial charge in [0.15, 0.2) is 0 Å². The molecule has 5 heteroatoms. The number of nitrogens with two attached hydrogens (primary N) is 1. The zero-order valence-corrected chi connectivity index (χ0v) is 14.1. The van der Waals surface area contributed by atoms with Gasteiger partial charge in [-0.25, -0.2) is 0 Å². The summed E-state index contributed by atoms with van der Waals surface area (Å²) in [5.41, 5.74) is 5.61. The van der Waals surface area contributed by atoms with E-state index in [4.69, 9.17) is 10.5 Å². The summed E-state index contributed by atoms with van der Waals surface area (Å²) in [6, 6.07) is 0.0855. The standard InChI is InChI=1S/C17H31N3O2/c1-16(20-8-3-4-9-20)6-10-19(11-7-16)15(21)17(2)13-14(18)5-12-22-17/h14H,3-13,18H2,1-2H3. The highest BCUT2D eigenvalue weighted by Crippen LogP contribution is 2.34. The highest BCUT2D eigenvalue weighted by molar-refractivity contribution is 5.85. The van der Waals surface area contributed by atoms with Crippen LogP contribution in [0.1, 0.15) is 52.4 Å².